The van der Waals surface area contributed by atoms with Crippen LogP contribution in [0.4, 0.5) is 0 Å². The maximum Gasteiger partial charge on any atom is 0.225 e. The van der Waals surface area contributed by atoms with Gasteiger partial charge in [0.1, 0.15) is 0 Å². The second-order valence-corrected chi connectivity index (χ2v) is 4.58. The zero-order chi connectivity index (χ0) is 10.7. The molecule has 0 unspecified atom stereocenters. The van der Waals surface area contributed by atoms with Crippen LogP contribution in [0.2, 0.25) is 0 Å². The van der Waals surface area contributed by atoms with Crippen LogP contribution in [0.15, 0.2) is 0 Å². The Labute approximate surface area is 103 Å². The number of carbonyl (C=O) groups excluding carboxylic acids is 1. The van der Waals surface area contributed by atoms with E-state index < -0.39 is 0 Å². The standard InChI is InChI=1S/C11H20N2O2.ClH/c14-10-3-7-13(8-4-10)11(15)9-1-5-12-6-2-9;/h9-10,12,14H,1-8H2;1H. The monoisotopic (exact) mass is 248 g/mol. The van der Waals surface area contributed by atoms with E-state index >= 15 is 0 Å². The SMILES string of the molecule is Cl.O=C(C1CCNCC1)N1CCC(O)CC1. The van der Waals surface area contributed by atoms with Crippen molar-refractivity contribution < 1.29 is 9.90 Å². The minimum absolute atomic E-state index is 0. The van der Waals surface area contributed by atoms with Crippen molar-refractivity contribution in [1.29, 1.82) is 0 Å². The number of nitrogens with one attached hydrogen (secondary N) is 1. The van der Waals surface area contributed by atoms with Gasteiger partial charge in [0.05, 0.1) is 6.10 Å². The average molecular weight is 249 g/mol. The molecule has 2 saturated heterocycles. The van der Waals surface area contributed by atoms with Crippen LogP contribution >= 0.6 is 12.4 Å². The number of hydrogen-bond donors (Lipinski definition) is 2. The van der Waals surface area contributed by atoms with E-state index in [2.05, 4.69) is 5.32 Å². The summed E-state index contributed by atoms with van der Waals surface area (Å²) < 4.78 is 0. The Balaban J connectivity index is 0.00000128. The number of aliphatic hydroxyl groups is 1. The maximum atomic E-state index is 12.1. The molecule has 2 fully saturated rings. The second kappa shape index (κ2) is 6.42. The largest absolute Gasteiger partial charge is 0.393 e. The van der Waals surface area contributed by atoms with E-state index in [1.54, 1.807) is 0 Å². The summed E-state index contributed by atoms with van der Waals surface area (Å²) in [4.78, 5) is 14.0. The molecule has 0 radical (unpaired) electrons. The van der Waals surface area contributed by atoms with Gasteiger partial charge in [-0.25, -0.2) is 0 Å². The third-order valence-corrected chi connectivity index (χ3v) is 3.46. The van der Waals surface area contributed by atoms with Crippen LogP contribution < -0.4 is 5.32 Å². The molecule has 2 heterocycles. The van der Waals surface area contributed by atoms with Crippen molar-refractivity contribution in [2.75, 3.05) is 26.2 Å². The fourth-order valence-corrected chi connectivity index (χ4v) is 2.41. The van der Waals surface area contributed by atoms with Gasteiger partial charge in [0.25, 0.3) is 0 Å². The molecule has 16 heavy (non-hydrogen) atoms. The van der Waals surface area contributed by atoms with Gasteiger partial charge in [0.15, 0.2) is 0 Å². The molecule has 0 saturated carbocycles. The average Bonchev–Trinajstić information content (AvgIpc) is 2.30. The van der Waals surface area contributed by atoms with Gasteiger partial charge in [-0.2, -0.15) is 0 Å². The van der Waals surface area contributed by atoms with Gasteiger partial charge in [-0.15, -0.1) is 12.4 Å². The predicted molar refractivity (Wildman–Crippen MR) is 64.7 cm³/mol. The van der Waals surface area contributed by atoms with Gasteiger partial charge < -0.3 is 15.3 Å². The van der Waals surface area contributed by atoms with Crippen molar-refractivity contribution in [3.05, 3.63) is 0 Å². The number of rotatable bonds is 1. The first-order valence-corrected chi connectivity index (χ1v) is 5.95. The Kier molecular flexibility index (Phi) is 5.52. The second-order valence-electron chi connectivity index (χ2n) is 4.58. The highest BCUT2D eigenvalue weighted by atomic mass is 35.5. The summed E-state index contributed by atoms with van der Waals surface area (Å²) in [6.45, 7) is 3.41. The highest BCUT2D eigenvalue weighted by molar-refractivity contribution is 5.85. The van der Waals surface area contributed by atoms with Gasteiger partial charge >= 0.3 is 0 Å². The summed E-state index contributed by atoms with van der Waals surface area (Å²) >= 11 is 0. The fraction of sp³-hybridized carbons (Fsp3) is 0.909. The van der Waals surface area contributed by atoms with E-state index in [9.17, 15) is 9.90 Å². The van der Waals surface area contributed by atoms with Crippen LogP contribution in [0, 0.1) is 5.92 Å². The zero-order valence-corrected chi connectivity index (χ0v) is 10.3. The molecule has 94 valence electrons. The Bertz CT molecular complexity index is 224. The number of amides is 1. The molecule has 0 aromatic carbocycles. The molecule has 0 aromatic heterocycles. The molecule has 1 amide bonds. The van der Waals surface area contributed by atoms with Gasteiger partial charge in [0.2, 0.25) is 5.91 Å². The smallest absolute Gasteiger partial charge is 0.225 e. The minimum Gasteiger partial charge on any atom is -0.393 e. The Morgan fingerprint density at radius 1 is 1.12 bits per heavy atom. The molecule has 2 aliphatic rings. The third kappa shape index (κ3) is 3.34. The summed E-state index contributed by atoms with van der Waals surface area (Å²) in [5.41, 5.74) is 0. The molecule has 0 aliphatic carbocycles. The van der Waals surface area contributed by atoms with Crippen molar-refractivity contribution >= 4 is 18.3 Å². The zero-order valence-electron chi connectivity index (χ0n) is 9.52. The molecule has 2 N–H and O–H groups in total. The number of likely N-dealkylation sites (tertiary alicyclic amines) is 1. The first kappa shape index (κ1) is 13.7. The van der Waals surface area contributed by atoms with Crippen LogP contribution in [-0.4, -0.2) is 48.2 Å². The van der Waals surface area contributed by atoms with Crippen molar-refractivity contribution in [3.8, 4) is 0 Å². The molecule has 0 atom stereocenters. The molecule has 0 aromatic rings. The van der Waals surface area contributed by atoms with Crippen LogP contribution in [0.5, 0.6) is 0 Å². The number of aliphatic hydroxyl groups excluding tert-OH is 1. The van der Waals surface area contributed by atoms with Crippen LogP contribution in [0.1, 0.15) is 25.7 Å². The van der Waals surface area contributed by atoms with E-state index in [0.717, 1.165) is 51.9 Å². The number of hydrogen-bond acceptors (Lipinski definition) is 3. The van der Waals surface area contributed by atoms with Gasteiger partial charge in [-0.05, 0) is 38.8 Å². The Morgan fingerprint density at radius 3 is 2.25 bits per heavy atom. The topological polar surface area (TPSA) is 52.6 Å². The van der Waals surface area contributed by atoms with E-state index in [-0.39, 0.29) is 24.4 Å². The van der Waals surface area contributed by atoms with Crippen molar-refractivity contribution in [3.63, 3.8) is 0 Å². The Hall–Kier alpha value is -0.320. The predicted octanol–water partition coefficient (Wildman–Crippen LogP) is 0.391. The fourth-order valence-electron chi connectivity index (χ4n) is 2.41. The lowest BCUT2D eigenvalue weighted by molar-refractivity contribution is -0.138. The molecule has 0 bridgehead atoms. The summed E-state index contributed by atoms with van der Waals surface area (Å²) in [7, 11) is 0. The van der Waals surface area contributed by atoms with Crippen LogP contribution in [0.3, 0.4) is 0 Å². The van der Waals surface area contributed by atoms with E-state index in [1.807, 2.05) is 4.90 Å². The lowest BCUT2D eigenvalue weighted by Crippen LogP contribution is -2.45. The summed E-state index contributed by atoms with van der Waals surface area (Å²) in [5.74, 6) is 0.532. The highest BCUT2D eigenvalue weighted by Gasteiger charge is 2.28. The number of carbonyl (C=O) groups is 1. The first-order chi connectivity index (χ1) is 7.27. The van der Waals surface area contributed by atoms with Crippen LogP contribution in [-0.2, 0) is 4.79 Å². The molecule has 2 rings (SSSR count). The van der Waals surface area contributed by atoms with Crippen LogP contribution in [0.25, 0.3) is 0 Å². The van der Waals surface area contributed by atoms with Gasteiger partial charge in [0, 0.05) is 19.0 Å². The molecule has 4 nitrogen and oxygen atoms in total. The number of piperidine rings is 2. The highest BCUT2D eigenvalue weighted by Crippen LogP contribution is 2.18. The van der Waals surface area contributed by atoms with Gasteiger partial charge in [-0.1, -0.05) is 0 Å². The maximum absolute atomic E-state index is 12.1. The number of nitrogens with zero attached hydrogens (tertiary/aromatic N) is 1. The lowest BCUT2D eigenvalue weighted by Gasteiger charge is -2.33. The van der Waals surface area contributed by atoms with Crippen molar-refractivity contribution in [2.24, 2.45) is 5.92 Å². The van der Waals surface area contributed by atoms with Gasteiger partial charge in [-0.3, -0.25) is 4.79 Å². The van der Waals surface area contributed by atoms with Crippen molar-refractivity contribution in [2.45, 2.75) is 31.8 Å². The van der Waals surface area contributed by atoms with Crippen molar-refractivity contribution in [1.82, 2.24) is 10.2 Å². The lowest BCUT2D eigenvalue weighted by atomic mass is 9.95. The quantitative estimate of drug-likeness (QED) is 0.706. The molecular formula is C11H21ClN2O2. The summed E-state index contributed by atoms with van der Waals surface area (Å²) in [5, 5.41) is 12.6. The van der Waals surface area contributed by atoms with E-state index in [0.29, 0.717) is 5.91 Å². The summed E-state index contributed by atoms with van der Waals surface area (Å²) in [6, 6.07) is 0. The van der Waals surface area contributed by atoms with E-state index in [4.69, 9.17) is 0 Å². The molecular weight excluding hydrogens is 228 g/mol. The minimum atomic E-state index is -0.193. The normalized spacial score (nSPS) is 23.9. The Morgan fingerprint density at radius 2 is 1.69 bits per heavy atom. The molecule has 2 aliphatic heterocycles. The first-order valence-electron chi connectivity index (χ1n) is 5.95. The molecule has 5 heteroatoms. The van der Waals surface area contributed by atoms with E-state index in [1.165, 1.54) is 0 Å². The number of halogens is 1. The molecule has 0 spiro atoms. The summed E-state index contributed by atoms with van der Waals surface area (Å²) in [6.07, 6.45) is 3.24. The third-order valence-electron chi connectivity index (χ3n) is 3.46.